The summed E-state index contributed by atoms with van der Waals surface area (Å²) in [5, 5.41) is 0. The van der Waals surface area contributed by atoms with Gasteiger partial charge in [0.2, 0.25) is 0 Å². The molecule has 2 heteroatoms. The molecule has 0 amide bonds. The summed E-state index contributed by atoms with van der Waals surface area (Å²) in [6.45, 7) is 6.68. The van der Waals surface area contributed by atoms with Crippen LogP contribution in [-0.4, -0.2) is 12.6 Å². The Hall–Kier alpha value is -0.790. The van der Waals surface area contributed by atoms with Crippen molar-refractivity contribution in [3.05, 3.63) is 11.6 Å². The average Bonchev–Trinajstić information content (AvgIpc) is 2.15. The first-order chi connectivity index (χ1) is 6.70. The molecule has 0 unspecified atom stereocenters. The lowest BCUT2D eigenvalue weighted by Gasteiger charge is -2.01. The maximum Gasteiger partial charge on any atom is 0.330 e. The minimum Gasteiger partial charge on any atom is -0.463 e. The van der Waals surface area contributed by atoms with Gasteiger partial charge in [0.1, 0.15) is 0 Å². The molecule has 14 heavy (non-hydrogen) atoms. The zero-order valence-corrected chi connectivity index (χ0v) is 9.64. The summed E-state index contributed by atoms with van der Waals surface area (Å²) in [5.41, 5.74) is 1.12. The second kappa shape index (κ2) is 8.79. The van der Waals surface area contributed by atoms with E-state index < -0.39 is 0 Å². The van der Waals surface area contributed by atoms with Gasteiger partial charge in [-0.05, 0) is 26.2 Å². The quantitative estimate of drug-likeness (QED) is 0.356. The van der Waals surface area contributed by atoms with Crippen molar-refractivity contribution in [3.8, 4) is 0 Å². The summed E-state index contributed by atoms with van der Waals surface area (Å²) in [5.74, 6) is -0.194. The Morgan fingerprint density at radius 2 is 1.93 bits per heavy atom. The molecule has 0 aliphatic rings. The lowest BCUT2D eigenvalue weighted by Crippen LogP contribution is -2.02. The Morgan fingerprint density at radius 3 is 2.50 bits per heavy atom. The van der Waals surface area contributed by atoms with Gasteiger partial charge in [-0.25, -0.2) is 4.79 Å². The van der Waals surface area contributed by atoms with Gasteiger partial charge in [-0.1, -0.05) is 32.3 Å². The van der Waals surface area contributed by atoms with Crippen molar-refractivity contribution in [2.45, 2.75) is 52.9 Å². The topological polar surface area (TPSA) is 26.3 Å². The number of rotatable bonds is 7. The van der Waals surface area contributed by atoms with Crippen LogP contribution in [0.1, 0.15) is 52.9 Å². The van der Waals surface area contributed by atoms with E-state index in [0.29, 0.717) is 6.61 Å². The van der Waals surface area contributed by atoms with Gasteiger partial charge in [0.25, 0.3) is 0 Å². The number of allylic oxidation sites excluding steroid dienone is 1. The molecule has 0 aromatic carbocycles. The maximum absolute atomic E-state index is 11.1. The Kier molecular flexibility index (Phi) is 8.30. The molecule has 82 valence electrons. The van der Waals surface area contributed by atoms with Gasteiger partial charge < -0.3 is 4.74 Å². The van der Waals surface area contributed by atoms with Gasteiger partial charge in [0, 0.05) is 6.08 Å². The number of hydrogen-bond donors (Lipinski definition) is 0. The van der Waals surface area contributed by atoms with Crippen LogP contribution >= 0.6 is 0 Å². The number of esters is 1. The van der Waals surface area contributed by atoms with Crippen LogP contribution < -0.4 is 0 Å². The van der Waals surface area contributed by atoms with E-state index in [0.717, 1.165) is 18.4 Å². The molecule has 0 saturated carbocycles. The lowest BCUT2D eigenvalue weighted by atomic mass is 10.1. The Balaban J connectivity index is 3.67. The Labute approximate surface area is 87.3 Å². The van der Waals surface area contributed by atoms with Crippen LogP contribution in [0.25, 0.3) is 0 Å². The summed E-state index contributed by atoms with van der Waals surface area (Å²) in [4.78, 5) is 11.1. The highest BCUT2D eigenvalue weighted by atomic mass is 16.5. The fourth-order valence-electron chi connectivity index (χ4n) is 1.17. The van der Waals surface area contributed by atoms with Crippen LogP contribution in [0, 0.1) is 0 Å². The molecule has 0 spiro atoms. The normalized spacial score (nSPS) is 11.5. The number of ether oxygens (including phenoxy) is 1. The molecular formula is C12H22O2. The molecule has 2 nitrogen and oxygen atoms in total. The van der Waals surface area contributed by atoms with Crippen LogP contribution in [0.15, 0.2) is 11.6 Å². The van der Waals surface area contributed by atoms with Crippen LogP contribution in [-0.2, 0) is 9.53 Å². The lowest BCUT2D eigenvalue weighted by molar-refractivity contribution is -0.137. The van der Waals surface area contributed by atoms with E-state index >= 15 is 0 Å². The van der Waals surface area contributed by atoms with Crippen LogP contribution in [0.3, 0.4) is 0 Å². The summed E-state index contributed by atoms with van der Waals surface area (Å²) < 4.78 is 4.95. The van der Waals surface area contributed by atoms with Crippen LogP contribution in [0.5, 0.6) is 0 Å². The Bertz CT molecular complexity index is 183. The molecule has 0 rings (SSSR count). The van der Waals surface area contributed by atoms with E-state index in [1.807, 2.05) is 13.8 Å². The third kappa shape index (κ3) is 7.84. The van der Waals surface area contributed by atoms with E-state index in [1.165, 1.54) is 19.3 Å². The summed E-state index contributed by atoms with van der Waals surface area (Å²) in [6.07, 6.45) is 7.12. The first-order valence-corrected chi connectivity index (χ1v) is 5.54. The fraction of sp³-hybridized carbons (Fsp3) is 0.750. The molecule has 0 bridgehead atoms. The van der Waals surface area contributed by atoms with Crippen molar-refractivity contribution in [2.75, 3.05) is 6.61 Å². The SMILES string of the molecule is CCCCC/C(C)=C/C(=O)OCCC. The number of unbranched alkanes of at least 4 members (excludes halogenated alkanes) is 2. The van der Waals surface area contributed by atoms with Crippen LogP contribution in [0.4, 0.5) is 0 Å². The highest BCUT2D eigenvalue weighted by Gasteiger charge is 1.98. The smallest absolute Gasteiger partial charge is 0.330 e. The second-order valence-electron chi connectivity index (χ2n) is 3.62. The molecule has 0 aromatic rings. The zero-order valence-electron chi connectivity index (χ0n) is 9.64. The summed E-state index contributed by atoms with van der Waals surface area (Å²) in [7, 11) is 0. The van der Waals surface area contributed by atoms with Crippen molar-refractivity contribution in [1.82, 2.24) is 0 Å². The minimum atomic E-state index is -0.194. The monoisotopic (exact) mass is 198 g/mol. The number of carbonyl (C=O) groups excluding carboxylic acids is 1. The maximum atomic E-state index is 11.1. The molecule has 0 fully saturated rings. The highest BCUT2D eigenvalue weighted by Crippen LogP contribution is 2.08. The molecule has 0 aromatic heterocycles. The molecule has 0 heterocycles. The zero-order chi connectivity index (χ0) is 10.8. The first kappa shape index (κ1) is 13.2. The molecule has 0 aliphatic carbocycles. The van der Waals surface area contributed by atoms with Gasteiger partial charge in [-0.15, -0.1) is 0 Å². The van der Waals surface area contributed by atoms with E-state index in [-0.39, 0.29) is 5.97 Å². The predicted molar refractivity (Wildman–Crippen MR) is 59.1 cm³/mol. The van der Waals surface area contributed by atoms with Gasteiger partial charge in [-0.2, -0.15) is 0 Å². The third-order valence-corrected chi connectivity index (χ3v) is 1.99. The molecular weight excluding hydrogens is 176 g/mol. The molecule has 0 N–H and O–H groups in total. The van der Waals surface area contributed by atoms with E-state index in [2.05, 4.69) is 6.92 Å². The predicted octanol–water partition coefficient (Wildman–Crippen LogP) is 3.47. The second-order valence-corrected chi connectivity index (χ2v) is 3.62. The van der Waals surface area contributed by atoms with Crippen molar-refractivity contribution < 1.29 is 9.53 Å². The van der Waals surface area contributed by atoms with E-state index in [4.69, 9.17) is 4.74 Å². The summed E-state index contributed by atoms with van der Waals surface area (Å²) >= 11 is 0. The van der Waals surface area contributed by atoms with Gasteiger partial charge in [-0.3, -0.25) is 0 Å². The average molecular weight is 198 g/mol. The van der Waals surface area contributed by atoms with Gasteiger partial charge >= 0.3 is 5.97 Å². The molecule has 0 aliphatic heterocycles. The molecule has 0 saturated heterocycles. The molecule has 0 atom stereocenters. The van der Waals surface area contributed by atoms with Gasteiger partial charge in [0.05, 0.1) is 6.61 Å². The van der Waals surface area contributed by atoms with Crippen molar-refractivity contribution in [1.29, 1.82) is 0 Å². The fourth-order valence-corrected chi connectivity index (χ4v) is 1.17. The Morgan fingerprint density at radius 1 is 1.21 bits per heavy atom. The van der Waals surface area contributed by atoms with Crippen LogP contribution in [0.2, 0.25) is 0 Å². The van der Waals surface area contributed by atoms with E-state index in [9.17, 15) is 4.79 Å². The third-order valence-electron chi connectivity index (χ3n) is 1.99. The van der Waals surface area contributed by atoms with Gasteiger partial charge in [0.15, 0.2) is 0 Å². The van der Waals surface area contributed by atoms with E-state index in [1.54, 1.807) is 6.08 Å². The largest absolute Gasteiger partial charge is 0.463 e. The number of carbonyl (C=O) groups is 1. The first-order valence-electron chi connectivity index (χ1n) is 5.54. The minimum absolute atomic E-state index is 0.194. The molecule has 0 radical (unpaired) electrons. The highest BCUT2D eigenvalue weighted by molar-refractivity contribution is 5.82. The summed E-state index contributed by atoms with van der Waals surface area (Å²) in [6, 6.07) is 0. The standard InChI is InChI=1S/C12H22O2/c1-4-6-7-8-11(3)10-12(13)14-9-5-2/h10H,4-9H2,1-3H3/b11-10+. The van der Waals surface area contributed by atoms with Crippen molar-refractivity contribution in [2.24, 2.45) is 0 Å². The van der Waals surface area contributed by atoms with Crippen molar-refractivity contribution >= 4 is 5.97 Å². The number of hydrogen-bond acceptors (Lipinski definition) is 2. The van der Waals surface area contributed by atoms with Crippen molar-refractivity contribution in [3.63, 3.8) is 0 Å².